The fourth-order valence-electron chi connectivity index (χ4n) is 2.18. The van der Waals surface area contributed by atoms with Gasteiger partial charge in [-0.25, -0.2) is 0 Å². The summed E-state index contributed by atoms with van der Waals surface area (Å²) in [6, 6.07) is 5.20. The van der Waals surface area contributed by atoms with Crippen LogP contribution in [0.1, 0.15) is 5.82 Å². The number of hydrogen-bond donors (Lipinski definition) is 1. The van der Waals surface area contributed by atoms with Crippen molar-refractivity contribution in [1.82, 2.24) is 15.0 Å². The number of morpholine rings is 1. The molecule has 1 aliphatic heterocycles. The highest BCUT2D eigenvalue weighted by atomic mass is 35.5. The van der Waals surface area contributed by atoms with Crippen LogP contribution >= 0.6 is 23.2 Å². The molecule has 8 heteroatoms. The van der Waals surface area contributed by atoms with E-state index in [4.69, 9.17) is 27.9 Å². The van der Waals surface area contributed by atoms with Crippen LogP contribution in [0.25, 0.3) is 0 Å². The van der Waals surface area contributed by atoms with E-state index >= 15 is 0 Å². The van der Waals surface area contributed by atoms with Crippen LogP contribution in [-0.4, -0.2) is 41.3 Å². The molecule has 1 N–H and O–H groups in total. The lowest BCUT2D eigenvalue weighted by atomic mass is 10.3. The first-order valence-electron chi connectivity index (χ1n) is 6.89. The number of aromatic nitrogens is 3. The summed E-state index contributed by atoms with van der Waals surface area (Å²) in [5.41, 5.74) is 0.732. The van der Waals surface area contributed by atoms with Crippen LogP contribution in [0.4, 0.5) is 17.6 Å². The van der Waals surface area contributed by atoms with Gasteiger partial charge in [-0.15, -0.1) is 0 Å². The number of nitrogens with zero attached hydrogens (tertiary/aromatic N) is 4. The molecule has 3 rings (SSSR count). The van der Waals surface area contributed by atoms with E-state index in [1.165, 1.54) is 0 Å². The lowest BCUT2D eigenvalue weighted by Crippen LogP contribution is -2.37. The molecular weight excluding hydrogens is 325 g/mol. The van der Waals surface area contributed by atoms with Crippen molar-refractivity contribution in [3.8, 4) is 0 Å². The second-order valence-electron chi connectivity index (χ2n) is 4.89. The highest BCUT2D eigenvalue weighted by molar-refractivity contribution is 6.35. The van der Waals surface area contributed by atoms with Crippen molar-refractivity contribution in [3.05, 3.63) is 34.1 Å². The van der Waals surface area contributed by atoms with Crippen molar-refractivity contribution in [3.63, 3.8) is 0 Å². The van der Waals surface area contributed by atoms with Crippen LogP contribution in [0.15, 0.2) is 18.2 Å². The number of ether oxygens (including phenoxy) is 1. The van der Waals surface area contributed by atoms with E-state index in [9.17, 15) is 0 Å². The predicted octanol–water partition coefficient (Wildman–Crippen LogP) is 3.07. The van der Waals surface area contributed by atoms with Gasteiger partial charge in [-0.3, -0.25) is 0 Å². The molecule has 2 aromatic rings. The smallest absolute Gasteiger partial charge is 0.232 e. The van der Waals surface area contributed by atoms with Crippen molar-refractivity contribution in [1.29, 1.82) is 0 Å². The van der Waals surface area contributed by atoms with Gasteiger partial charge in [0.2, 0.25) is 11.9 Å². The first-order chi connectivity index (χ1) is 10.6. The standard InChI is InChI=1S/C14H15Cl2N5O/c1-9-17-13(19-12-7-10(15)6-11(16)8-12)20-14(18-9)21-2-4-22-5-3-21/h6-8H,2-5H2,1H3,(H,17,18,19,20). The van der Waals surface area contributed by atoms with Gasteiger partial charge in [0.25, 0.3) is 0 Å². The first kappa shape index (κ1) is 15.3. The maximum Gasteiger partial charge on any atom is 0.232 e. The van der Waals surface area contributed by atoms with E-state index in [-0.39, 0.29) is 0 Å². The summed E-state index contributed by atoms with van der Waals surface area (Å²) in [4.78, 5) is 15.2. The van der Waals surface area contributed by atoms with E-state index in [0.717, 1.165) is 18.8 Å². The summed E-state index contributed by atoms with van der Waals surface area (Å²) in [6.07, 6.45) is 0. The summed E-state index contributed by atoms with van der Waals surface area (Å²) in [6.45, 7) is 4.73. The Morgan fingerprint density at radius 2 is 1.73 bits per heavy atom. The van der Waals surface area contributed by atoms with Gasteiger partial charge in [0, 0.05) is 28.8 Å². The van der Waals surface area contributed by atoms with Gasteiger partial charge in [0.05, 0.1) is 13.2 Å². The molecule has 0 bridgehead atoms. The number of benzene rings is 1. The summed E-state index contributed by atoms with van der Waals surface area (Å²) >= 11 is 12.0. The number of anilines is 3. The molecule has 0 amide bonds. The third-order valence-corrected chi connectivity index (χ3v) is 3.58. The molecule has 1 aliphatic rings. The van der Waals surface area contributed by atoms with E-state index in [0.29, 0.717) is 41.0 Å². The van der Waals surface area contributed by atoms with E-state index in [2.05, 4.69) is 25.2 Å². The van der Waals surface area contributed by atoms with Crippen LogP contribution in [0.5, 0.6) is 0 Å². The van der Waals surface area contributed by atoms with Crippen molar-refractivity contribution < 1.29 is 4.74 Å². The molecule has 0 atom stereocenters. The van der Waals surface area contributed by atoms with Crippen LogP contribution in [-0.2, 0) is 4.74 Å². The second kappa shape index (κ2) is 6.64. The van der Waals surface area contributed by atoms with E-state index in [1.807, 2.05) is 6.92 Å². The molecule has 116 valence electrons. The highest BCUT2D eigenvalue weighted by Crippen LogP contribution is 2.24. The molecule has 1 aromatic carbocycles. The third kappa shape index (κ3) is 3.76. The Bertz CT molecular complexity index is 656. The van der Waals surface area contributed by atoms with Crippen LogP contribution < -0.4 is 10.2 Å². The molecule has 0 aliphatic carbocycles. The first-order valence-corrected chi connectivity index (χ1v) is 7.64. The topological polar surface area (TPSA) is 63.2 Å². The summed E-state index contributed by atoms with van der Waals surface area (Å²) in [5.74, 6) is 1.76. The fourth-order valence-corrected chi connectivity index (χ4v) is 2.71. The van der Waals surface area contributed by atoms with Gasteiger partial charge in [-0.05, 0) is 25.1 Å². The monoisotopic (exact) mass is 339 g/mol. The number of hydrogen-bond acceptors (Lipinski definition) is 6. The van der Waals surface area contributed by atoms with Crippen LogP contribution in [0, 0.1) is 6.92 Å². The van der Waals surface area contributed by atoms with Crippen molar-refractivity contribution in [2.75, 3.05) is 36.5 Å². The lowest BCUT2D eigenvalue weighted by Gasteiger charge is -2.27. The minimum Gasteiger partial charge on any atom is -0.378 e. The van der Waals surface area contributed by atoms with Gasteiger partial charge in [0.15, 0.2) is 0 Å². The van der Waals surface area contributed by atoms with Gasteiger partial charge in [-0.1, -0.05) is 23.2 Å². The molecule has 1 aromatic heterocycles. The van der Waals surface area contributed by atoms with Crippen molar-refractivity contribution in [2.45, 2.75) is 6.92 Å². The molecule has 0 radical (unpaired) electrons. The molecule has 6 nitrogen and oxygen atoms in total. The van der Waals surface area contributed by atoms with Crippen molar-refractivity contribution >= 4 is 40.8 Å². The zero-order chi connectivity index (χ0) is 15.5. The summed E-state index contributed by atoms with van der Waals surface area (Å²) in [5, 5.41) is 4.22. The average Bonchev–Trinajstić information content (AvgIpc) is 2.46. The normalized spacial score (nSPS) is 15.0. The number of halogens is 2. The Labute approximate surface area is 138 Å². The van der Waals surface area contributed by atoms with Gasteiger partial charge >= 0.3 is 0 Å². The minimum absolute atomic E-state index is 0.465. The zero-order valence-corrected chi connectivity index (χ0v) is 13.5. The second-order valence-corrected chi connectivity index (χ2v) is 5.76. The molecule has 1 fully saturated rings. The SMILES string of the molecule is Cc1nc(Nc2cc(Cl)cc(Cl)c2)nc(N2CCOCC2)n1. The zero-order valence-electron chi connectivity index (χ0n) is 12.0. The highest BCUT2D eigenvalue weighted by Gasteiger charge is 2.15. The molecule has 1 saturated heterocycles. The Kier molecular flexibility index (Phi) is 4.61. The van der Waals surface area contributed by atoms with Gasteiger partial charge in [-0.2, -0.15) is 15.0 Å². The summed E-state index contributed by atoms with van der Waals surface area (Å²) in [7, 11) is 0. The predicted molar refractivity (Wildman–Crippen MR) is 87.3 cm³/mol. The van der Waals surface area contributed by atoms with Gasteiger partial charge in [0.1, 0.15) is 5.82 Å². The Balaban J connectivity index is 1.85. The quantitative estimate of drug-likeness (QED) is 0.927. The van der Waals surface area contributed by atoms with Crippen LogP contribution in [0.2, 0.25) is 10.0 Å². The Morgan fingerprint density at radius 3 is 2.41 bits per heavy atom. The largest absolute Gasteiger partial charge is 0.378 e. The van der Waals surface area contributed by atoms with Crippen molar-refractivity contribution in [2.24, 2.45) is 0 Å². The number of rotatable bonds is 3. The molecule has 0 spiro atoms. The van der Waals surface area contributed by atoms with E-state index < -0.39 is 0 Å². The average molecular weight is 340 g/mol. The van der Waals surface area contributed by atoms with Gasteiger partial charge < -0.3 is 15.0 Å². The minimum atomic E-state index is 0.465. The lowest BCUT2D eigenvalue weighted by molar-refractivity contribution is 0.122. The van der Waals surface area contributed by atoms with Crippen LogP contribution in [0.3, 0.4) is 0 Å². The number of aryl methyl sites for hydroxylation is 1. The Hall–Kier alpha value is -1.63. The molecule has 0 unspecified atom stereocenters. The maximum atomic E-state index is 6.00. The number of nitrogens with one attached hydrogen (secondary N) is 1. The molecule has 22 heavy (non-hydrogen) atoms. The molecular formula is C14H15Cl2N5O. The fraction of sp³-hybridized carbons (Fsp3) is 0.357. The molecule has 0 saturated carbocycles. The third-order valence-electron chi connectivity index (χ3n) is 3.15. The Morgan fingerprint density at radius 1 is 1.05 bits per heavy atom. The molecule has 2 heterocycles. The van der Waals surface area contributed by atoms with E-state index in [1.54, 1.807) is 18.2 Å². The maximum absolute atomic E-state index is 6.00. The summed E-state index contributed by atoms with van der Waals surface area (Å²) < 4.78 is 5.35.